The first-order chi connectivity index (χ1) is 15.4. The van der Waals surface area contributed by atoms with Crippen LogP contribution in [0.5, 0.6) is 0 Å². The van der Waals surface area contributed by atoms with E-state index in [9.17, 15) is 14.4 Å². The quantitative estimate of drug-likeness (QED) is 0.437. The van der Waals surface area contributed by atoms with Gasteiger partial charge < -0.3 is 14.0 Å². The molecular formula is C25H22ClNO5. The number of nitrogens with zero attached hydrogens (tertiary/aromatic N) is 1. The molecule has 0 saturated heterocycles. The highest BCUT2D eigenvalue weighted by Crippen LogP contribution is 2.44. The topological polar surface area (TPSA) is 74.6 Å². The minimum atomic E-state index is -1.54. The number of benzene rings is 2. The van der Waals surface area contributed by atoms with Crippen LogP contribution in [0.1, 0.15) is 16.7 Å². The van der Waals surface area contributed by atoms with Crippen molar-refractivity contribution in [1.29, 1.82) is 0 Å². The third-order valence-electron chi connectivity index (χ3n) is 5.94. The van der Waals surface area contributed by atoms with Crippen molar-refractivity contribution < 1.29 is 19.1 Å². The number of esters is 2. The predicted octanol–water partition coefficient (Wildman–Crippen LogP) is 3.65. The van der Waals surface area contributed by atoms with E-state index in [0.29, 0.717) is 34.0 Å². The average Bonchev–Trinajstić information content (AvgIpc) is 3.20. The van der Waals surface area contributed by atoms with Gasteiger partial charge in [-0.25, -0.2) is 0 Å². The van der Waals surface area contributed by atoms with E-state index in [1.807, 2.05) is 48.5 Å². The lowest BCUT2D eigenvalue weighted by atomic mass is 9.84. The summed E-state index contributed by atoms with van der Waals surface area (Å²) in [6.07, 6.45) is 0.0812. The molecule has 0 bridgehead atoms. The summed E-state index contributed by atoms with van der Waals surface area (Å²) in [4.78, 5) is 38.8. The fourth-order valence-corrected chi connectivity index (χ4v) is 4.66. The zero-order chi connectivity index (χ0) is 22.9. The molecule has 0 saturated carbocycles. The first kappa shape index (κ1) is 21.8. The summed E-state index contributed by atoms with van der Waals surface area (Å²) in [7, 11) is 2.47. The van der Waals surface area contributed by atoms with Gasteiger partial charge in [0.1, 0.15) is 0 Å². The van der Waals surface area contributed by atoms with Gasteiger partial charge >= 0.3 is 11.9 Å². The van der Waals surface area contributed by atoms with Crippen molar-refractivity contribution in [2.75, 3.05) is 14.2 Å². The van der Waals surface area contributed by atoms with Crippen LogP contribution in [0.15, 0.2) is 65.5 Å². The molecule has 0 fully saturated rings. The third-order valence-corrected chi connectivity index (χ3v) is 6.27. The molecule has 164 valence electrons. The van der Waals surface area contributed by atoms with Crippen molar-refractivity contribution in [1.82, 2.24) is 4.57 Å². The molecule has 7 heteroatoms. The zero-order valence-electron chi connectivity index (χ0n) is 17.8. The second-order valence-electron chi connectivity index (χ2n) is 7.81. The minimum Gasteiger partial charge on any atom is -0.468 e. The van der Waals surface area contributed by atoms with Crippen LogP contribution in [0.4, 0.5) is 0 Å². The number of carbonyl (C=O) groups excluding carboxylic acids is 2. The molecule has 1 aliphatic rings. The Labute approximate surface area is 190 Å². The summed E-state index contributed by atoms with van der Waals surface area (Å²) >= 11 is 6.54. The number of fused-ring (bicyclic) bond motifs is 1. The van der Waals surface area contributed by atoms with Gasteiger partial charge in [0.25, 0.3) is 5.56 Å². The van der Waals surface area contributed by atoms with Crippen molar-refractivity contribution in [3.05, 3.63) is 92.7 Å². The number of rotatable bonds is 5. The molecule has 0 radical (unpaired) electrons. The van der Waals surface area contributed by atoms with Gasteiger partial charge in [0, 0.05) is 29.5 Å². The fourth-order valence-electron chi connectivity index (χ4n) is 4.43. The summed E-state index contributed by atoms with van der Waals surface area (Å²) in [5.41, 5.74) is 1.73. The Balaban J connectivity index is 1.97. The first-order valence-electron chi connectivity index (χ1n) is 10.1. The number of halogens is 1. The number of carbonyl (C=O) groups is 2. The maximum Gasteiger partial charge on any atom is 0.323 e. The Morgan fingerprint density at radius 3 is 2.22 bits per heavy atom. The van der Waals surface area contributed by atoms with Crippen LogP contribution < -0.4 is 5.56 Å². The minimum absolute atomic E-state index is 0.0283. The normalized spacial score (nSPS) is 14.0. The van der Waals surface area contributed by atoms with Crippen LogP contribution >= 0.6 is 11.6 Å². The molecule has 1 aromatic heterocycles. The summed E-state index contributed by atoms with van der Waals surface area (Å²) in [5, 5.41) is 0.468. The highest BCUT2D eigenvalue weighted by atomic mass is 35.5. The highest BCUT2D eigenvalue weighted by molar-refractivity contribution is 6.33. The zero-order valence-corrected chi connectivity index (χ0v) is 18.5. The van der Waals surface area contributed by atoms with E-state index in [2.05, 4.69) is 0 Å². The monoisotopic (exact) mass is 451 g/mol. The molecule has 6 nitrogen and oxygen atoms in total. The lowest BCUT2D eigenvalue weighted by Crippen LogP contribution is -2.42. The van der Waals surface area contributed by atoms with Crippen LogP contribution in [-0.4, -0.2) is 30.7 Å². The van der Waals surface area contributed by atoms with Crippen molar-refractivity contribution in [2.45, 2.75) is 19.4 Å². The van der Waals surface area contributed by atoms with Crippen LogP contribution in [0.25, 0.3) is 11.3 Å². The number of pyridine rings is 1. The molecule has 0 aliphatic heterocycles. The molecule has 0 spiro atoms. The molecule has 0 N–H and O–H groups in total. The van der Waals surface area contributed by atoms with E-state index >= 15 is 0 Å². The van der Waals surface area contributed by atoms with Gasteiger partial charge in [0.05, 0.1) is 26.5 Å². The lowest BCUT2D eigenvalue weighted by molar-refractivity contribution is -0.168. The highest BCUT2D eigenvalue weighted by Gasteiger charge is 2.53. The van der Waals surface area contributed by atoms with E-state index in [-0.39, 0.29) is 18.4 Å². The van der Waals surface area contributed by atoms with Gasteiger partial charge in [0.2, 0.25) is 0 Å². The van der Waals surface area contributed by atoms with Crippen LogP contribution in [-0.2, 0) is 38.4 Å². The molecule has 0 atom stereocenters. The van der Waals surface area contributed by atoms with Gasteiger partial charge in [0.15, 0.2) is 5.41 Å². The Morgan fingerprint density at radius 2 is 1.59 bits per heavy atom. The van der Waals surface area contributed by atoms with Crippen molar-refractivity contribution in [3.63, 3.8) is 0 Å². The van der Waals surface area contributed by atoms with E-state index < -0.39 is 17.4 Å². The molecule has 0 unspecified atom stereocenters. The van der Waals surface area contributed by atoms with Crippen molar-refractivity contribution >= 4 is 23.5 Å². The summed E-state index contributed by atoms with van der Waals surface area (Å²) < 4.78 is 11.6. The second kappa shape index (κ2) is 8.63. The molecule has 1 aliphatic carbocycles. The number of hydrogen-bond acceptors (Lipinski definition) is 5. The molecular weight excluding hydrogens is 430 g/mol. The summed E-state index contributed by atoms with van der Waals surface area (Å²) in [6, 6.07) is 18.3. The van der Waals surface area contributed by atoms with Gasteiger partial charge in [-0.15, -0.1) is 0 Å². The second-order valence-corrected chi connectivity index (χ2v) is 8.21. The summed E-state index contributed by atoms with van der Waals surface area (Å²) in [6.45, 7) is 0.316. The molecule has 2 aromatic carbocycles. The molecule has 1 heterocycles. The van der Waals surface area contributed by atoms with E-state index in [1.165, 1.54) is 20.3 Å². The lowest BCUT2D eigenvalue weighted by Gasteiger charge is -2.23. The standard InChI is InChI=1S/C25H22ClNO5/c1-31-23(29)25(24(30)32-2)13-17-12-21(28)27(15-16-8-4-3-5-9-16)22(19(17)14-25)18-10-6-7-11-20(18)26/h3-12H,13-15H2,1-2H3. The predicted molar refractivity (Wildman–Crippen MR) is 121 cm³/mol. The van der Waals surface area contributed by atoms with E-state index in [4.69, 9.17) is 21.1 Å². The van der Waals surface area contributed by atoms with E-state index in [0.717, 1.165) is 5.56 Å². The van der Waals surface area contributed by atoms with Gasteiger partial charge in [-0.2, -0.15) is 0 Å². The number of aromatic nitrogens is 1. The number of ether oxygens (including phenoxy) is 2. The van der Waals surface area contributed by atoms with Crippen LogP contribution in [0, 0.1) is 5.41 Å². The largest absolute Gasteiger partial charge is 0.468 e. The van der Waals surface area contributed by atoms with Crippen molar-refractivity contribution in [3.8, 4) is 11.3 Å². The SMILES string of the molecule is COC(=O)C1(C(=O)OC)Cc2cc(=O)n(Cc3ccccc3)c(-c3ccccc3Cl)c2C1. The van der Waals surface area contributed by atoms with Gasteiger partial charge in [-0.3, -0.25) is 14.4 Å². The molecule has 32 heavy (non-hydrogen) atoms. The van der Waals surface area contributed by atoms with Crippen LogP contribution in [0.2, 0.25) is 5.02 Å². The van der Waals surface area contributed by atoms with Gasteiger partial charge in [-0.1, -0.05) is 60.1 Å². The number of hydrogen-bond donors (Lipinski definition) is 0. The third kappa shape index (κ3) is 3.60. The molecule has 4 rings (SSSR count). The summed E-state index contributed by atoms with van der Waals surface area (Å²) in [5.74, 6) is -1.37. The van der Waals surface area contributed by atoms with E-state index in [1.54, 1.807) is 10.6 Å². The Bertz CT molecular complexity index is 1230. The van der Waals surface area contributed by atoms with Gasteiger partial charge in [-0.05, 0) is 22.8 Å². The Morgan fingerprint density at radius 1 is 0.969 bits per heavy atom. The maximum absolute atomic E-state index is 13.3. The van der Waals surface area contributed by atoms with Crippen LogP contribution in [0.3, 0.4) is 0 Å². The Hall–Kier alpha value is -3.38. The van der Waals surface area contributed by atoms with Crippen molar-refractivity contribution in [2.24, 2.45) is 5.41 Å². The fraction of sp³-hybridized carbons (Fsp3) is 0.240. The smallest absolute Gasteiger partial charge is 0.323 e. The average molecular weight is 452 g/mol. The number of methoxy groups -OCH3 is 2. The first-order valence-corrected chi connectivity index (χ1v) is 10.5. The molecule has 0 amide bonds. The molecule has 3 aromatic rings. The Kier molecular flexibility index (Phi) is 5.89. The maximum atomic E-state index is 13.3.